The summed E-state index contributed by atoms with van der Waals surface area (Å²) in [4.78, 5) is 78.4. The van der Waals surface area contributed by atoms with E-state index < -0.39 is 63.5 Å². The van der Waals surface area contributed by atoms with E-state index in [1.165, 1.54) is 6.20 Å². The first-order valence-corrected chi connectivity index (χ1v) is 24.8. The number of imide groups is 1. The number of anilines is 5. The van der Waals surface area contributed by atoms with Gasteiger partial charge in [-0.1, -0.05) is 12.1 Å². The molecule has 366 valence electrons. The van der Waals surface area contributed by atoms with Crippen molar-refractivity contribution in [2.75, 3.05) is 89.8 Å². The van der Waals surface area contributed by atoms with Crippen molar-refractivity contribution in [3.05, 3.63) is 119 Å². The predicted molar refractivity (Wildman–Crippen MR) is 258 cm³/mol. The summed E-state index contributed by atoms with van der Waals surface area (Å²) < 4.78 is 73.3. The minimum atomic E-state index is -4.37. The van der Waals surface area contributed by atoms with Crippen LogP contribution in [0.2, 0.25) is 0 Å². The molecule has 5 aliphatic rings. The lowest BCUT2D eigenvalue weighted by Crippen LogP contribution is -2.52. The third-order valence-electron chi connectivity index (χ3n) is 14.0. The van der Waals surface area contributed by atoms with E-state index in [0.29, 0.717) is 35.1 Å². The van der Waals surface area contributed by atoms with Crippen LogP contribution in [0.3, 0.4) is 0 Å². The summed E-state index contributed by atoms with van der Waals surface area (Å²) in [7, 11) is -4.37. The van der Waals surface area contributed by atoms with Crippen LogP contribution in [0.5, 0.6) is 0 Å². The van der Waals surface area contributed by atoms with Crippen molar-refractivity contribution in [2.45, 2.75) is 38.0 Å². The first kappa shape index (κ1) is 45.8. The first-order chi connectivity index (χ1) is 34.3. The van der Waals surface area contributed by atoms with Gasteiger partial charge in [-0.25, -0.2) is 28.1 Å². The van der Waals surface area contributed by atoms with Crippen LogP contribution in [0.15, 0.2) is 85.5 Å². The molecular weight excluding hydrogens is 942 g/mol. The summed E-state index contributed by atoms with van der Waals surface area (Å²) in [6.45, 7) is 5.73. The number of benzene rings is 3. The number of nitrogens with zero attached hydrogens (tertiary/aromatic N) is 9. The average molecular weight is 989 g/mol. The highest BCUT2D eigenvalue weighted by Gasteiger charge is 2.40. The lowest BCUT2D eigenvalue weighted by atomic mass is 9.99. The molecular formula is C49H47F3N12O6S. The number of carbonyl (C=O) groups excluding carboxylic acids is 4. The van der Waals surface area contributed by atoms with E-state index in [1.807, 2.05) is 53.3 Å². The second-order valence-electron chi connectivity index (χ2n) is 18.3. The van der Waals surface area contributed by atoms with Gasteiger partial charge in [0.2, 0.25) is 17.6 Å². The number of ketones is 1. The third kappa shape index (κ3) is 8.74. The van der Waals surface area contributed by atoms with E-state index in [0.717, 1.165) is 103 Å². The number of fused-ring (bicyclic) bond motifs is 2. The number of piperidine rings is 1. The van der Waals surface area contributed by atoms with E-state index in [4.69, 9.17) is 0 Å². The van der Waals surface area contributed by atoms with E-state index in [2.05, 4.69) is 44.9 Å². The van der Waals surface area contributed by atoms with Crippen LogP contribution in [-0.4, -0.2) is 139 Å². The zero-order valence-electron chi connectivity index (χ0n) is 38.2. The van der Waals surface area contributed by atoms with Crippen LogP contribution in [-0.2, 0) is 26.3 Å². The number of amides is 3. The molecule has 71 heavy (non-hydrogen) atoms. The lowest BCUT2D eigenvalue weighted by Gasteiger charge is -2.38. The number of carbonyl (C=O) groups is 4. The quantitative estimate of drug-likeness (QED) is 0.120. The fourth-order valence-electron chi connectivity index (χ4n) is 10.1. The molecule has 3 amide bonds. The summed E-state index contributed by atoms with van der Waals surface area (Å²) in [6.07, 6.45) is 3.72. The highest BCUT2D eigenvalue weighted by molar-refractivity contribution is 7.90. The fraction of sp³-hybridized carbons (Fsp3) is 0.327. The number of rotatable bonds is 11. The van der Waals surface area contributed by atoms with Gasteiger partial charge in [0.05, 0.1) is 11.3 Å². The van der Waals surface area contributed by atoms with Crippen LogP contribution in [0.4, 0.5) is 41.9 Å². The Bertz CT molecular complexity index is 3230. The summed E-state index contributed by atoms with van der Waals surface area (Å²) in [5.41, 5.74) is 3.61. The van der Waals surface area contributed by atoms with Gasteiger partial charge in [0.25, 0.3) is 5.91 Å². The second kappa shape index (κ2) is 18.3. The smallest absolute Gasteiger partial charge is 0.301 e. The van der Waals surface area contributed by atoms with Gasteiger partial charge in [-0.2, -0.15) is 12.7 Å². The molecule has 5 aliphatic heterocycles. The van der Waals surface area contributed by atoms with Gasteiger partial charge < -0.3 is 29.5 Å². The molecule has 6 aromatic rings. The molecule has 18 nitrogen and oxygen atoms in total. The normalized spacial score (nSPS) is 20.0. The number of piperazine rings is 2. The predicted octanol–water partition coefficient (Wildman–Crippen LogP) is 4.64. The van der Waals surface area contributed by atoms with Crippen molar-refractivity contribution in [2.24, 2.45) is 0 Å². The van der Waals surface area contributed by atoms with Crippen LogP contribution in [0.25, 0.3) is 22.2 Å². The lowest BCUT2D eigenvalue weighted by molar-refractivity contribution is -0.136. The Labute approximate surface area is 405 Å². The maximum Gasteiger partial charge on any atom is 0.301 e. The SMILES string of the molecule is O=C1CCC(N2Cc3cc(N4CCN(c5cc(N6CCN(c7ccc(-c8cnc9[nH]cc(C(=O)c%10c(F)ccc(NS(=O)(=O)N%11CCC(F)C%11)c%10F)c9c8)cc7)CC6)ncn5)CC4)ccc3C2=O)C(=O)N1. The molecule has 2 unspecified atom stereocenters. The topological polar surface area (TPSA) is 200 Å². The second-order valence-corrected chi connectivity index (χ2v) is 19.9. The number of H-pyrrole nitrogens is 1. The third-order valence-corrected chi connectivity index (χ3v) is 15.5. The minimum Gasteiger partial charge on any atom is -0.368 e. The van der Waals surface area contributed by atoms with Crippen LogP contribution in [0, 0.1) is 11.6 Å². The molecule has 4 fully saturated rings. The summed E-state index contributed by atoms with van der Waals surface area (Å²) in [5, 5.41) is 2.67. The highest BCUT2D eigenvalue weighted by Crippen LogP contribution is 2.34. The molecule has 11 rings (SSSR count). The van der Waals surface area contributed by atoms with Gasteiger partial charge in [0.15, 0.2) is 5.82 Å². The number of halogens is 3. The molecule has 3 aromatic carbocycles. The number of aromatic nitrogens is 4. The highest BCUT2D eigenvalue weighted by atomic mass is 32.2. The summed E-state index contributed by atoms with van der Waals surface area (Å²) >= 11 is 0. The van der Waals surface area contributed by atoms with Crippen molar-refractivity contribution >= 4 is 73.4 Å². The monoisotopic (exact) mass is 988 g/mol. The van der Waals surface area contributed by atoms with E-state index in [9.17, 15) is 32.0 Å². The first-order valence-electron chi connectivity index (χ1n) is 23.4. The van der Waals surface area contributed by atoms with E-state index in [1.54, 1.807) is 23.5 Å². The zero-order valence-corrected chi connectivity index (χ0v) is 39.0. The molecule has 0 spiro atoms. The number of pyridine rings is 1. The number of hydrogen-bond acceptors (Lipinski definition) is 13. The molecule has 3 aromatic heterocycles. The molecule has 22 heteroatoms. The van der Waals surface area contributed by atoms with Crippen LogP contribution >= 0.6 is 0 Å². The molecule has 0 radical (unpaired) electrons. The van der Waals surface area contributed by atoms with Gasteiger partial charge in [-0.05, 0) is 72.5 Å². The van der Waals surface area contributed by atoms with Crippen LogP contribution < -0.4 is 29.6 Å². The summed E-state index contributed by atoms with van der Waals surface area (Å²) in [5.74, 6) is -2.81. The van der Waals surface area contributed by atoms with Gasteiger partial charge in [0.1, 0.15) is 41.6 Å². The molecule has 8 heterocycles. The number of alkyl halides is 1. The Morgan fingerprint density at radius 1 is 0.746 bits per heavy atom. The van der Waals surface area contributed by atoms with Crippen molar-refractivity contribution in [3.63, 3.8) is 0 Å². The van der Waals surface area contributed by atoms with Crippen molar-refractivity contribution in [1.29, 1.82) is 0 Å². The Hall–Kier alpha value is -7.59. The zero-order chi connectivity index (χ0) is 49.1. The molecule has 4 saturated heterocycles. The number of aromatic amines is 1. The number of hydrogen-bond donors (Lipinski definition) is 3. The molecule has 3 N–H and O–H groups in total. The maximum absolute atomic E-state index is 15.8. The molecule has 0 bridgehead atoms. The standard InChI is InChI=1S/C49H47F3N12O6S/c50-32-11-12-63(27-32)71(69,70)58-39-8-7-38(51)44(45(39)52)46(66)37-25-54-47-36(37)22-30(24-53-47)29-1-3-33(4-2-29)59-13-17-61(18-14-59)41-23-42(56-28-55-41)62-19-15-60(16-20-62)34-5-6-35-31(21-34)26-64(49(35)68)40-9-10-43(65)57-48(40)67/h1-8,21-25,28,32,40,58H,9-20,26-27H2,(H,53,54)(H,57,65,67). The summed E-state index contributed by atoms with van der Waals surface area (Å²) in [6, 6.07) is 18.5. The van der Waals surface area contributed by atoms with Gasteiger partial charge in [0, 0.05) is 130 Å². The maximum atomic E-state index is 15.8. The van der Waals surface area contributed by atoms with Crippen molar-refractivity contribution in [3.8, 4) is 11.1 Å². The molecule has 0 aliphatic carbocycles. The Morgan fingerprint density at radius 3 is 2.10 bits per heavy atom. The van der Waals surface area contributed by atoms with Crippen molar-refractivity contribution in [1.82, 2.24) is 34.5 Å². The Morgan fingerprint density at radius 2 is 1.42 bits per heavy atom. The van der Waals surface area contributed by atoms with Gasteiger partial charge in [-0.15, -0.1) is 0 Å². The Kier molecular flexibility index (Phi) is 11.8. The minimum absolute atomic E-state index is 0.00319. The van der Waals surface area contributed by atoms with Crippen molar-refractivity contribution < 1.29 is 40.8 Å². The average Bonchev–Trinajstić information content (AvgIpc) is 4.11. The van der Waals surface area contributed by atoms with Crippen LogP contribution in [0.1, 0.15) is 51.1 Å². The number of nitrogens with one attached hydrogen (secondary N) is 3. The Balaban J connectivity index is 0.703. The molecule has 2 atom stereocenters. The van der Waals surface area contributed by atoms with E-state index >= 15 is 8.78 Å². The van der Waals surface area contributed by atoms with E-state index in [-0.39, 0.29) is 36.8 Å². The molecule has 0 saturated carbocycles. The van der Waals surface area contributed by atoms with Gasteiger partial charge in [-0.3, -0.25) is 29.2 Å². The largest absolute Gasteiger partial charge is 0.368 e. The fourth-order valence-corrected chi connectivity index (χ4v) is 11.4. The van der Waals surface area contributed by atoms with Gasteiger partial charge >= 0.3 is 10.2 Å².